The number of phenolic OH excluding ortho intramolecular Hbond substituents is 2. The highest BCUT2D eigenvalue weighted by Gasteiger charge is 2.30. The van der Waals surface area contributed by atoms with Crippen LogP contribution in [-0.2, 0) is 18.3 Å². The van der Waals surface area contributed by atoms with Gasteiger partial charge in [0.1, 0.15) is 11.5 Å². The molecule has 0 unspecified atom stereocenters. The van der Waals surface area contributed by atoms with Crippen LogP contribution in [0.1, 0.15) is 62.8 Å². The van der Waals surface area contributed by atoms with Crippen molar-refractivity contribution in [2.75, 3.05) is 0 Å². The Balaban J connectivity index is 2.55. The predicted octanol–water partition coefficient (Wildman–Crippen LogP) is 5.33. The first-order valence-corrected chi connectivity index (χ1v) is 8.56. The third-order valence-corrected chi connectivity index (χ3v) is 4.62. The summed E-state index contributed by atoms with van der Waals surface area (Å²) in [5, 5.41) is 21.4. The molecular weight excluding hydrogens is 284 g/mol. The summed E-state index contributed by atoms with van der Waals surface area (Å²) in [4.78, 5) is 0. The van der Waals surface area contributed by atoms with Crippen LogP contribution in [0.4, 0.5) is 0 Å². The van der Waals surface area contributed by atoms with Gasteiger partial charge in [-0.15, -0.1) is 0 Å². The number of hydrogen-bond donors (Lipinski definition) is 2. The Bertz CT molecular complexity index is 614. The number of para-hydroxylation sites is 2. The second kappa shape index (κ2) is 7.08. The third kappa shape index (κ3) is 3.36. The second-order valence-electron chi connectivity index (χ2n) is 6.75. The maximum Gasteiger partial charge on any atom is 0.122 e. The molecule has 0 aliphatic carbocycles. The highest BCUT2D eigenvalue weighted by atomic mass is 16.3. The zero-order valence-corrected chi connectivity index (χ0v) is 14.7. The summed E-state index contributed by atoms with van der Waals surface area (Å²) >= 11 is 0. The van der Waals surface area contributed by atoms with E-state index in [4.69, 9.17) is 0 Å². The van der Waals surface area contributed by atoms with Crippen LogP contribution in [0.3, 0.4) is 0 Å². The zero-order valence-electron chi connectivity index (χ0n) is 14.7. The fraction of sp³-hybridized carbons (Fsp3) is 0.429. The molecule has 2 nitrogen and oxygen atoms in total. The minimum atomic E-state index is -0.457. The molecule has 0 atom stereocenters. The second-order valence-corrected chi connectivity index (χ2v) is 6.75. The summed E-state index contributed by atoms with van der Waals surface area (Å²) in [5.74, 6) is 0.722. The molecule has 124 valence electrons. The largest absolute Gasteiger partial charge is 0.507 e. The van der Waals surface area contributed by atoms with Crippen LogP contribution in [0.2, 0.25) is 0 Å². The Labute approximate surface area is 139 Å². The van der Waals surface area contributed by atoms with Crippen LogP contribution in [0.25, 0.3) is 0 Å². The van der Waals surface area contributed by atoms with Crippen LogP contribution in [-0.4, -0.2) is 10.2 Å². The lowest BCUT2D eigenvalue weighted by Crippen LogP contribution is -2.20. The van der Waals surface area contributed by atoms with Crippen molar-refractivity contribution < 1.29 is 10.2 Å². The number of aromatic hydroxyl groups is 2. The van der Waals surface area contributed by atoms with Gasteiger partial charge in [0.05, 0.1) is 0 Å². The van der Waals surface area contributed by atoms with Crippen molar-refractivity contribution in [3.63, 3.8) is 0 Å². The number of aryl methyl sites for hydroxylation is 2. The van der Waals surface area contributed by atoms with Crippen LogP contribution < -0.4 is 0 Å². The van der Waals surface area contributed by atoms with E-state index in [-0.39, 0.29) is 0 Å². The number of rotatable bonds is 6. The van der Waals surface area contributed by atoms with E-state index in [1.807, 2.05) is 36.4 Å². The van der Waals surface area contributed by atoms with Gasteiger partial charge >= 0.3 is 0 Å². The van der Waals surface area contributed by atoms with Crippen molar-refractivity contribution in [3.05, 3.63) is 58.7 Å². The molecule has 0 fully saturated rings. The predicted molar refractivity (Wildman–Crippen MR) is 96.3 cm³/mol. The van der Waals surface area contributed by atoms with Gasteiger partial charge in [-0.3, -0.25) is 0 Å². The molecule has 0 aliphatic heterocycles. The minimum absolute atomic E-state index is 0.361. The summed E-state index contributed by atoms with van der Waals surface area (Å²) < 4.78 is 0. The van der Waals surface area contributed by atoms with Gasteiger partial charge in [0.25, 0.3) is 0 Å². The van der Waals surface area contributed by atoms with E-state index in [9.17, 15) is 10.2 Å². The molecule has 0 saturated heterocycles. The third-order valence-electron chi connectivity index (χ3n) is 4.62. The Morgan fingerprint density at radius 2 is 1.13 bits per heavy atom. The maximum atomic E-state index is 10.7. The SMILES string of the molecule is CCCc1cccc(C(C)(C)c2cccc(CCC)c2O)c1O. The van der Waals surface area contributed by atoms with Gasteiger partial charge in [0.2, 0.25) is 0 Å². The molecule has 2 aromatic carbocycles. The van der Waals surface area contributed by atoms with Crippen LogP contribution in [0.15, 0.2) is 36.4 Å². The molecule has 0 radical (unpaired) electrons. The Morgan fingerprint density at radius 1 is 0.739 bits per heavy atom. The monoisotopic (exact) mass is 312 g/mol. The van der Waals surface area contributed by atoms with E-state index < -0.39 is 5.41 Å². The molecule has 2 N–H and O–H groups in total. The Kier molecular flexibility index (Phi) is 5.35. The van der Waals surface area contributed by atoms with Crippen molar-refractivity contribution in [1.29, 1.82) is 0 Å². The van der Waals surface area contributed by atoms with Gasteiger partial charge in [-0.25, -0.2) is 0 Å². The van der Waals surface area contributed by atoms with Gasteiger partial charge in [-0.05, 0) is 24.0 Å². The van der Waals surface area contributed by atoms with Crippen molar-refractivity contribution in [3.8, 4) is 11.5 Å². The van der Waals surface area contributed by atoms with Crippen molar-refractivity contribution in [1.82, 2.24) is 0 Å². The van der Waals surface area contributed by atoms with Gasteiger partial charge < -0.3 is 10.2 Å². The molecule has 0 bridgehead atoms. The van der Waals surface area contributed by atoms with Gasteiger partial charge in [-0.2, -0.15) is 0 Å². The molecule has 23 heavy (non-hydrogen) atoms. The molecule has 0 saturated carbocycles. The number of phenols is 2. The molecular formula is C21H28O2. The average molecular weight is 312 g/mol. The lowest BCUT2D eigenvalue weighted by Gasteiger charge is -2.29. The van der Waals surface area contributed by atoms with E-state index in [1.165, 1.54) is 0 Å². The van der Waals surface area contributed by atoms with E-state index in [2.05, 4.69) is 27.7 Å². The smallest absolute Gasteiger partial charge is 0.122 e. The first-order chi connectivity index (χ1) is 10.9. The molecule has 2 heteroatoms. The van der Waals surface area contributed by atoms with E-state index in [0.717, 1.165) is 47.9 Å². The standard InChI is InChI=1S/C21H28O2/c1-5-9-15-11-7-13-17(19(15)22)21(3,4)18-14-8-12-16(10-6-2)20(18)23/h7-8,11-14,22-23H,5-6,9-10H2,1-4H3. The maximum absolute atomic E-state index is 10.7. The van der Waals surface area contributed by atoms with Gasteiger partial charge in [0.15, 0.2) is 0 Å². The highest BCUT2D eigenvalue weighted by molar-refractivity contribution is 5.54. The molecule has 2 rings (SSSR count). The Hall–Kier alpha value is -1.96. The quantitative estimate of drug-likeness (QED) is 0.757. The molecule has 2 aromatic rings. The first kappa shape index (κ1) is 17.4. The fourth-order valence-corrected chi connectivity index (χ4v) is 3.28. The fourth-order valence-electron chi connectivity index (χ4n) is 3.28. The van der Waals surface area contributed by atoms with Crippen LogP contribution in [0.5, 0.6) is 11.5 Å². The summed E-state index contributed by atoms with van der Waals surface area (Å²) in [6, 6.07) is 11.9. The van der Waals surface area contributed by atoms with Crippen molar-refractivity contribution in [2.45, 2.75) is 58.8 Å². The summed E-state index contributed by atoms with van der Waals surface area (Å²) in [6.45, 7) is 8.33. The lowest BCUT2D eigenvalue weighted by atomic mass is 9.75. The summed E-state index contributed by atoms with van der Waals surface area (Å²) in [6.07, 6.45) is 3.71. The normalized spacial score (nSPS) is 11.7. The average Bonchev–Trinajstić information content (AvgIpc) is 2.51. The number of benzene rings is 2. The molecule has 0 spiro atoms. The molecule has 0 heterocycles. The first-order valence-electron chi connectivity index (χ1n) is 8.56. The zero-order chi connectivity index (χ0) is 17.0. The summed E-state index contributed by atoms with van der Waals surface area (Å²) in [5.41, 5.74) is 3.23. The molecule has 0 aromatic heterocycles. The van der Waals surface area contributed by atoms with E-state index in [1.54, 1.807) is 0 Å². The lowest BCUT2D eigenvalue weighted by molar-refractivity contribution is 0.428. The van der Waals surface area contributed by atoms with Crippen LogP contribution in [0, 0.1) is 0 Å². The van der Waals surface area contributed by atoms with Crippen molar-refractivity contribution in [2.24, 2.45) is 0 Å². The molecule has 0 aliphatic rings. The Morgan fingerprint density at radius 3 is 1.48 bits per heavy atom. The topological polar surface area (TPSA) is 40.5 Å². The highest BCUT2D eigenvalue weighted by Crippen LogP contribution is 2.43. The van der Waals surface area contributed by atoms with Crippen LogP contribution >= 0.6 is 0 Å². The molecule has 0 amide bonds. The van der Waals surface area contributed by atoms with E-state index in [0.29, 0.717) is 11.5 Å². The summed E-state index contributed by atoms with van der Waals surface area (Å²) in [7, 11) is 0. The van der Waals surface area contributed by atoms with Crippen molar-refractivity contribution >= 4 is 0 Å². The van der Waals surface area contributed by atoms with Gasteiger partial charge in [-0.1, -0.05) is 76.9 Å². The van der Waals surface area contributed by atoms with Gasteiger partial charge in [0, 0.05) is 16.5 Å². The van der Waals surface area contributed by atoms with E-state index >= 15 is 0 Å². The number of hydrogen-bond acceptors (Lipinski definition) is 2. The minimum Gasteiger partial charge on any atom is -0.507 e.